The maximum absolute atomic E-state index is 13.2. The van der Waals surface area contributed by atoms with Gasteiger partial charge >= 0.3 is 0 Å². The van der Waals surface area contributed by atoms with Gasteiger partial charge in [0.05, 0.1) is 16.8 Å². The highest BCUT2D eigenvalue weighted by atomic mass is 35.5. The number of anilines is 2. The van der Waals surface area contributed by atoms with Crippen LogP contribution in [0.25, 0.3) is 0 Å². The lowest BCUT2D eigenvalue weighted by atomic mass is 9.81. The predicted octanol–water partition coefficient (Wildman–Crippen LogP) is 3.33. The Morgan fingerprint density at radius 2 is 1.95 bits per heavy atom. The molecule has 22 heavy (non-hydrogen) atoms. The molecule has 0 unspecified atom stereocenters. The second-order valence-electron chi connectivity index (χ2n) is 6.54. The van der Waals surface area contributed by atoms with Crippen molar-refractivity contribution in [3.63, 3.8) is 0 Å². The Bertz CT molecular complexity index is 570. The van der Waals surface area contributed by atoms with Crippen LogP contribution in [-0.2, 0) is 9.53 Å². The first-order chi connectivity index (χ1) is 10.5. The molecule has 1 aromatic rings. The molecule has 120 valence electrons. The Morgan fingerprint density at radius 1 is 1.23 bits per heavy atom. The molecule has 2 aliphatic rings. The molecular weight excluding hydrogens is 300 g/mol. The maximum Gasteiger partial charge on any atom is 0.233 e. The Labute approximate surface area is 137 Å². The molecule has 0 N–H and O–H groups in total. The molecular formula is C17H23ClN2O2. The number of ether oxygens (including phenoxy) is 1. The van der Waals surface area contributed by atoms with Crippen LogP contribution in [0.15, 0.2) is 18.2 Å². The van der Waals surface area contributed by atoms with Gasteiger partial charge in [0.25, 0.3) is 0 Å². The van der Waals surface area contributed by atoms with Crippen molar-refractivity contribution in [1.82, 2.24) is 0 Å². The summed E-state index contributed by atoms with van der Waals surface area (Å²) < 4.78 is 5.43. The van der Waals surface area contributed by atoms with Crippen molar-refractivity contribution in [2.24, 2.45) is 5.41 Å². The van der Waals surface area contributed by atoms with Crippen LogP contribution in [-0.4, -0.2) is 39.3 Å². The summed E-state index contributed by atoms with van der Waals surface area (Å²) in [4.78, 5) is 17.4. The third kappa shape index (κ3) is 2.82. The van der Waals surface area contributed by atoms with E-state index in [2.05, 4.69) is 18.9 Å². The van der Waals surface area contributed by atoms with Crippen LogP contribution >= 0.6 is 11.6 Å². The highest BCUT2D eigenvalue weighted by molar-refractivity contribution is 6.31. The quantitative estimate of drug-likeness (QED) is 0.795. The minimum Gasteiger partial charge on any atom is -0.381 e. The average Bonchev–Trinajstić information content (AvgIpc) is 2.66. The van der Waals surface area contributed by atoms with Gasteiger partial charge in [-0.2, -0.15) is 0 Å². The molecule has 0 radical (unpaired) electrons. The first-order valence-electron chi connectivity index (χ1n) is 7.92. The molecule has 0 aliphatic carbocycles. The van der Waals surface area contributed by atoms with Gasteiger partial charge < -0.3 is 14.5 Å². The average molecular weight is 323 g/mol. The van der Waals surface area contributed by atoms with Gasteiger partial charge in [-0.25, -0.2) is 0 Å². The van der Waals surface area contributed by atoms with Crippen molar-refractivity contribution < 1.29 is 9.53 Å². The topological polar surface area (TPSA) is 32.8 Å². The fraction of sp³-hybridized carbons (Fsp3) is 0.588. The van der Waals surface area contributed by atoms with Gasteiger partial charge in [-0.05, 0) is 37.5 Å². The van der Waals surface area contributed by atoms with Crippen LogP contribution < -0.4 is 9.80 Å². The Hall–Kier alpha value is -1.26. The summed E-state index contributed by atoms with van der Waals surface area (Å²) in [6.07, 6.45) is 2.53. The van der Waals surface area contributed by atoms with Crippen LogP contribution in [0.2, 0.25) is 5.02 Å². The molecule has 5 heteroatoms. The maximum atomic E-state index is 13.2. The zero-order chi connectivity index (χ0) is 15.7. The van der Waals surface area contributed by atoms with E-state index >= 15 is 0 Å². The van der Waals surface area contributed by atoms with E-state index in [-0.39, 0.29) is 11.3 Å². The molecule has 1 saturated heterocycles. The second-order valence-corrected chi connectivity index (χ2v) is 6.97. The van der Waals surface area contributed by atoms with E-state index in [0.29, 0.717) is 18.2 Å². The predicted molar refractivity (Wildman–Crippen MR) is 89.9 cm³/mol. The third-order valence-corrected chi connectivity index (χ3v) is 5.11. The van der Waals surface area contributed by atoms with E-state index in [1.807, 2.05) is 23.1 Å². The van der Waals surface area contributed by atoms with E-state index in [4.69, 9.17) is 16.3 Å². The first-order valence-corrected chi connectivity index (χ1v) is 8.29. The zero-order valence-corrected chi connectivity index (χ0v) is 14.0. The SMILES string of the molecule is CN1CCCN(C(=O)C2(C)CCOCC2)c2cc(Cl)ccc21. The molecule has 3 rings (SSSR count). The number of benzene rings is 1. The number of rotatable bonds is 1. The van der Waals surface area contributed by atoms with Gasteiger partial charge in [0.1, 0.15) is 0 Å². The molecule has 1 amide bonds. The second kappa shape index (κ2) is 6.09. The summed E-state index contributed by atoms with van der Waals surface area (Å²) in [6, 6.07) is 5.82. The molecule has 0 aromatic heterocycles. The minimum atomic E-state index is -0.333. The largest absolute Gasteiger partial charge is 0.381 e. The van der Waals surface area contributed by atoms with Crippen molar-refractivity contribution >= 4 is 28.9 Å². The van der Waals surface area contributed by atoms with Crippen LogP contribution in [0.3, 0.4) is 0 Å². The normalized spacial score (nSPS) is 21.2. The van der Waals surface area contributed by atoms with E-state index in [1.165, 1.54) is 0 Å². The van der Waals surface area contributed by atoms with Gasteiger partial charge in [0, 0.05) is 38.4 Å². The molecule has 0 saturated carbocycles. The monoisotopic (exact) mass is 322 g/mol. The molecule has 2 heterocycles. The Morgan fingerprint density at radius 3 is 2.68 bits per heavy atom. The first kappa shape index (κ1) is 15.6. The van der Waals surface area contributed by atoms with Crippen molar-refractivity contribution in [2.75, 3.05) is 43.2 Å². The third-order valence-electron chi connectivity index (χ3n) is 4.87. The fourth-order valence-corrected chi connectivity index (χ4v) is 3.48. The molecule has 0 atom stereocenters. The lowest BCUT2D eigenvalue weighted by molar-refractivity contribution is -0.132. The van der Waals surface area contributed by atoms with Crippen molar-refractivity contribution in [1.29, 1.82) is 0 Å². The van der Waals surface area contributed by atoms with Crippen molar-refractivity contribution in [3.05, 3.63) is 23.2 Å². The molecule has 0 bridgehead atoms. The lowest BCUT2D eigenvalue weighted by Crippen LogP contribution is -2.45. The molecule has 0 spiro atoms. The number of fused-ring (bicyclic) bond motifs is 1. The summed E-state index contributed by atoms with van der Waals surface area (Å²) in [7, 11) is 2.07. The van der Waals surface area contributed by atoms with Crippen molar-refractivity contribution in [3.8, 4) is 0 Å². The van der Waals surface area contributed by atoms with Crippen LogP contribution in [0, 0.1) is 5.41 Å². The summed E-state index contributed by atoms with van der Waals surface area (Å²) >= 11 is 6.19. The highest BCUT2D eigenvalue weighted by Crippen LogP contribution is 2.39. The minimum absolute atomic E-state index is 0.203. The Kier molecular flexibility index (Phi) is 4.33. The standard InChI is InChI=1S/C17H23ClN2O2/c1-17(6-10-22-11-7-17)16(21)20-9-3-8-19(2)14-5-4-13(18)12-15(14)20/h4-5,12H,3,6-11H2,1-2H3. The van der Waals surface area contributed by atoms with E-state index in [9.17, 15) is 4.79 Å². The fourth-order valence-electron chi connectivity index (χ4n) is 3.32. The zero-order valence-electron chi connectivity index (χ0n) is 13.3. The summed E-state index contributed by atoms with van der Waals surface area (Å²) in [6.45, 7) is 5.08. The number of carbonyl (C=O) groups excluding carboxylic acids is 1. The number of halogens is 1. The van der Waals surface area contributed by atoms with Gasteiger partial charge in [-0.15, -0.1) is 0 Å². The van der Waals surface area contributed by atoms with E-state index in [1.54, 1.807) is 0 Å². The summed E-state index contributed by atoms with van der Waals surface area (Å²) in [5, 5.41) is 0.670. The molecule has 1 aromatic carbocycles. The number of amides is 1. The van der Waals surface area contributed by atoms with E-state index in [0.717, 1.165) is 43.7 Å². The Balaban J connectivity index is 1.98. The smallest absolute Gasteiger partial charge is 0.233 e. The van der Waals surface area contributed by atoms with Crippen LogP contribution in [0.4, 0.5) is 11.4 Å². The molecule has 4 nitrogen and oxygen atoms in total. The van der Waals surface area contributed by atoms with Crippen molar-refractivity contribution in [2.45, 2.75) is 26.2 Å². The van der Waals surface area contributed by atoms with Crippen LogP contribution in [0.5, 0.6) is 0 Å². The number of nitrogens with zero attached hydrogens (tertiary/aromatic N) is 2. The van der Waals surface area contributed by atoms with Gasteiger partial charge in [0.15, 0.2) is 0 Å². The number of hydrogen-bond donors (Lipinski definition) is 0. The van der Waals surface area contributed by atoms with Gasteiger partial charge in [-0.3, -0.25) is 4.79 Å². The van der Waals surface area contributed by atoms with E-state index < -0.39 is 0 Å². The summed E-state index contributed by atoms with van der Waals surface area (Å²) in [5.41, 5.74) is 1.68. The number of hydrogen-bond acceptors (Lipinski definition) is 3. The summed E-state index contributed by atoms with van der Waals surface area (Å²) in [5.74, 6) is 0.203. The van der Waals surface area contributed by atoms with Crippen LogP contribution in [0.1, 0.15) is 26.2 Å². The molecule has 1 fully saturated rings. The highest BCUT2D eigenvalue weighted by Gasteiger charge is 2.39. The molecule has 2 aliphatic heterocycles. The van der Waals surface area contributed by atoms with Gasteiger partial charge in [-0.1, -0.05) is 18.5 Å². The van der Waals surface area contributed by atoms with Gasteiger partial charge in [0.2, 0.25) is 5.91 Å². The lowest BCUT2D eigenvalue weighted by Gasteiger charge is -2.37. The number of carbonyl (C=O) groups is 1.